The monoisotopic (exact) mass is 337 g/mol. The first-order valence-corrected chi connectivity index (χ1v) is 6.54. The normalized spacial score (nSPS) is 10.1. The van der Waals surface area contributed by atoms with Gasteiger partial charge in [0, 0.05) is 6.20 Å². The van der Waals surface area contributed by atoms with Crippen molar-refractivity contribution in [3.8, 4) is 11.5 Å². The molecule has 0 saturated carbocycles. The van der Waals surface area contributed by atoms with Crippen molar-refractivity contribution in [3.63, 3.8) is 0 Å². The van der Waals surface area contributed by atoms with Crippen molar-refractivity contribution in [2.24, 2.45) is 0 Å². The van der Waals surface area contributed by atoms with Crippen LogP contribution in [0.4, 0.5) is 0 Å². The standard InChI is InChI=1S/C14H12BrNO4/c1-19-14(18)11-7-10(2-3-12(11)17)20-8-9-4-5-16-13(15)6-9/h2-7,17H,8H2,1H3. The Bertz CT molecular complexity index is 630. The zero-order valence-electron chi connectivity index (χ0n) is 10.7. The third-order valence-corrected chi connectivity index (χ3v) is 3.00. The summed E-state index contributed by atoms with van der Waals surface area (Å²) in [5, 5.41) is 9.59. The molecule has 6 heteroatoms. The molecule has 0 atom stereocenters. The lowest BCUT2D eigenvalue weighted by Gasteiger charge is -2.09. The number of pyridine rings is 1. The quantitative estimate of drug-likeness (QED) is 0.686. The van der Waals surface area contributed by atoms with Crippen LogP contribution in [0.1, 0.15) is 15.9 Å². The number of rotatable bonds is 4. The second-order valence-corrected chi connectivity index (χ2v) is 4.76. The summed E-state index contributed by atoms with van der Waals surface area (Å²) in [6.07, 6.45) is 1.67. The zero-order valence-corrected chi connectivity index (χ0v) is 12.3. The van der Waals surface area contributed by atoms with Gasteiger partial charge >= 0.3 is 5.97 Å². The molecule has 1 N–H and O–H groups in total. The number of nitrogens with zero attached hydrogens (tertiary/aromatic N) is 1. The van der Waals surface area contributed by atoms with E-state index in [2.05, 4.69) is 25.7 Å². The third-order valence-electron chi connectivity index (χ3n) is 2.57. The Kier molecular flexibility index (Phi) is 4.57. The number of esters is 1. The molecule has 5 nitrogen and oxygen atoms in total. The van der Waals surface area contributed by atoms with E-state index in [1.54, 1.807) is 12.3 Å². The summed E-state index contributed by atoms with van der Waals surface area (Å²) in [5.74, 6) is -0.286. The van der Waals surface area contributed by atoms with E-state index in [1.807, 2.05) is 12.1 Å². The fraction of sp³-hybridized carbons (Fsp3) is 0.143. The Balaban J connectivity index is 2.12. The van der Waals surface area contributed by atoms with Crippen LogP contribution in [0.2, 0.25) is 0 Å². The van der Waals surface area contributed by atoms with Crippen molar-refractivity contribution in [3.05, 3.63) is 52.3 Å². The lowest BCUT2D eigenvalue weighted by Crippen LogP contribution is -2.03. The number of hydrogen-bond donors (Lipinski definition) is 1. The summed E-state index contributed by atoms with van der Waals surface area (Å²) < 4.78 is 10.9. The molecule has 0 aliphatic heterocycles. The van der Waals surface area contributed by atoms with E-state index < -0.39 is 5.97 Å². The number of hydrogen-bond acceptors (Lipinski definition) is 5. The molecular weight excluding hydrogens is 326 g/mol. The van der Waals surface area contributed by atoms with Gasteiger partial charge < -0.3 is 14.6 Å². The molecule has 20 heavy (non-hydrogen) atoms. The SMILES string of the molecule is COC(=O)c1cc(OCc2ccnc(Br)c2)ccc1O. The molecule has 1 heterocycles. The molecule has 0 amide bonds. The summed E-state index contributed by atoms with van der Waals surface area (Å²) in [7, 11) is 1.25. The maximum atomic E-state index is 11.5. The van der Waals surface area contributed by atoms with Crippen molar-refractivity contribution in [2.45, 2.75) is 6.61 Å². The summed E-state index contributed by atoms with van der Waals surface area (Å²) in [4.78, 5) is 15.5. The van der Waals surface area contributed by atoms with Crippen LogP contribution < -0.4 is 4.74 Å². The predicted octanol–water partition coefficient (Wildman–Crippen LogP) is 2.92. The minimum absolute atomic E-state index is 0.0703. The van der Waals surface area contributed by atoms with Crippen LogP contribution >= 0.6 is 15.9 Å². The van der Waals surface area contributed by atoms with Crippen molar-refractivity contribution in [1.82, 2.24) is 4.98 Å². The lowest BCUT2D eigenvalue weighted by molar-refractivity contribution is 0.0597. The highest BCUT2D eigenvalue weighted by Gasteiger charge is 2.12. The van der Waals surface area contributed by atoms with Gasteiger partial charge in [-0.05, 0) is 51.8 Å². The number of aromatic hydroxyl groups is 1. The Morgan fingerprint density at radius 1 is 1.35 bits per heavy atom. The van der Waals surface area contributed by atoms with Crippen molar-refractivity contribution in [1.29, 1.82) is 0 Å². The van der Waals surface area contributed by atoms with Gasteiger partial charge in [-0.25, -0.2) is 9.78 Å². The summed E-state index contributed by atoms with van der Waals surface area (Å²) in [5.41, 5.74) is 1.00. The first kappa shape index (κ1) is 14.3. The van der Waals surface area contributed by atoms with Gasteiger partial charge in [0.2, 0.25) is 0 Å². The summed E-state index contributed by atoms with van der Waals surface area (Å²) in [6, 6.07) is 8.08. The van der Waals surface area contributed by atoms with Gasteiger partial charge in [0.1, 0.15) is 28.3 Å². The average Bonchev–Trinajstić information content (AvgIpc) is 2.45. The van der Waals surface area contributed by atoms with Crippen molar-refractivity contribution >= 4 is 21.9 Å². The van der Waals surface area contributed by atoms with Crippen LogP contribution in [0.15, 0.2) is 41.1 Å². The van der Waals surface area contributed by atoms with Crippen LogP contribution in [0, 0.1) is 0 Å². The molecule has 0 fully saturated rings. The minimum atomic E-state index is -0.611. The van der Waals surface area contributed by atoms with Gasteiger partial charge in [0.25, 0.3) is 0 Å². The highest BCUT2D eigenvalue weighted by molar-refractivity contribution is 9.10. The van der Waals surface area contributed by atoms with Gasteiger partial charge in [-0.1, -0.05) is 0 Å². The molecule has 2 rings (SSSR count). The highest BCUT2D eigenvalue weighted by atomic mass is 79.9. The molecule has 0 radical (unpaired) electrons. The first-order chi connectivity index (χ1) is 9.60. The van der Waals surface area contributed by atoms with E-state index in [1.165, 1.54) is 19.2 Å². The van der Waals surface area contributed by atoms with Crippen LogP contribution in [0.3, 0.4) is 0 Å². The lowest BCUT2D eigenvalue weighted by atomic mass is 10.2. The smallest absolute Gasteiger partial charge is 0.341 e. The van der Waals surface area contributed by atoms with Gasteiger partial charge in [0.15, 0.2) is 0 Å². The van der Waals surface area contributed by atoms with Crippen molar-refractivity contribution < 1.29 is 19.4 Å². The second-order valence-electron chi connectivity index (χ2n) is 3.95. The first-order valence-electron chi connectivity index (χ1n) is 5.74. The second kappa shape index (κ2) is 6.38. The topological polar surface area (TPSA) is 68.7 Å². The fourth-order valence-corrected chi connectivity index (χ4v) is 1.99. The van der Waals surface area contributed by atoms with E-state index in [4.69, 9.17) is 4.74 Å². The Morgan fingerprint density at radius 3 is 2.85 bits per heavy atom. The molecule has 0 aliphatic carbocycles. The fourth-order valence-electron chi connectivity index (χ4n) is 1.58. The number of carbonyl (C=O) groups excluding carboxylic acids is 1. The molecule has 0 aliphatic rings. The molecule has 0 unspecified atom stereocenters. The number of methoxy groups -OCH3 is 1. The molecular formula is C14H12BrNO4. The Hall–Kier alpha value is -2.08. The van der Waals surface area contributed by atoms with Crippen LogP contribution in [-0.2, 0) is 11.3 Å². The summed E-state index contributed by atoms with van der Waals surface area (Å²) in [6.45, 7) is 0.326. The molecule has 2 aromatic rings. The number of benzene rings is 1. The number of halogens is 1. The highest BCUT2D eigenvalue weighted by Crippen LogP contribution is 2.24. The number of aromatic nitrogens is 1. The van der Waals surface area contributed by atoms with Gasteiger partial charge in [-0.2, -0.15) is 0 Å². The van der Waals surface area contributed by atoms with Crippen molar-refractivity contribution in [2.75, 3.05) is 7.11 Å². The number of phenolic OH excluding ortho intramolecular Hbond substituents is 1. The third kappa shape index (κ3) is 3.48. The molecule has 104 valence electrons. The minimum Gasteiger partial charge on any atom is -0.507 e. The number of ether oxygens (including phenoxy) is 2. The molecule has 0 spiro atoms. The Morgan fingerprint density at radius 2 is 2.15 bits per heavy atom. The van der Waals surface area contributed by atoms with E-state index >= 15 is 0 Å². The number of phenols is 1. The van der Waals surface area contributed by atoms with E-state index in [0.29, 0.717) is 12.4 Å². The van der Waals surface area contributed by atoms with Gasteiger partial charge in [-0.3, -0.25) is 0 Å². The van der Waals surface area contributed by atoms with E-state index in [-0.39, 0.29) is 11.3 Å². The predicted molar refractivity (Wildman–Crippen MR) is 75.7 cm³/mol. The summed E-state index contributed by atoms with van der Waals surface area (Å²) >= 11 is 3.28. The van der Waals surface area contributed by atoms with E-state index in [0.717, 1.165) is 10.2 Å². The molecule has 1 aromatic carbocycles. The zero-order chi connectivity index (χ0) is 14.5. The molecule has 0 bridgehead atoms. The average molecular weight is 338 g/mol. The Labute approximate surface area is 124 Å². The number of carbonyl (C=O) groups is 1. The van der Waals surface area contributed by atoms with Crippen LogP contribution in [0.5, 0.6) is 11.5 Å². The largest absolute Gasteiger partial charge is 0.507 e. The maximum absolute atomic E-state index is 11.5. The van der Waals surface area contributed by atoms with Crippen LogP contribution in [0.25, 0.3) is 0 Å². The van der Waals surface area contributed by atoms with E-state index in [9.17, 15) is 9.90 Å². The van der Waals surface area contributed by atoms with Crippen LogP contribution in [-0.4, -0.2) is 23.2 Å². The van der Waals surface area contributed by atoms with Gasteiger partial charge in [-0.15, -0.1) is 0 Å². The molecule has 1 aromatic heterocycles. The maximum Gasteiger partial charge on any atom is 0.341 e. The van der Waals surface area contributed by atoms with Gasteiger partial charge in [0.05, 0.1) is 7.11 Å². The molecule has 0 saturated heterocycles.